The van der Waals surface area contributed by atoms with Gasteiger partial charge in [0.2, 0.25) is 0 Å². The number of hydrogen-bond acceptors (Lipinski definition) is 6. The van der Waals surface area contributed by atoms with Gasteiger partial charge in [-0.3, -0.25) is 14.8 Å². The van der Waals surface area contributed by atoms with E-state index in [0.29, 0.717) is 6.07 Å². The van der Waals surface area contributed by atoms with E-state index in [2.05, 4.69) is 5.10 Å². The molecule has 11 heteroatoms. The van der Waals surface area contributed by atoms with Crippen LogP contribution >= 0.6 is 11.6 Å². The van der Waals surface area contributed by atoms with E-state index in [1.54, 1.807) is 0 Å². The average molecular weight is 378 g/mol. The van der Waals surface area contributed by atoms with Gasteiger partial charge in [-0.15, -0.1) is 0 Å². The van der Waals surface area contributed by atoms with E-state index in [0.717, 1.165) is 10.7 Å². The summed E-state index contributed by atoms with van der Waals surface area (Å²) in [5.41, 5.74) is -0.903. The Morgan fingerprint density at radius 1 is 1.46 bits per heavy atom. The molecule has 2 aromatic rings. The van der Waals surface area contributed by atoms with Crippen LogP contribution in [0.1, 0.15) is 6.92 Å². The first-order chi connectivity index (χ1) is 11.1. The van der Waals surface area contributed by atoms with Gasteiger partial charge >= 0.3 is 5.69 Å². The lowest BCUT2D eigenvalue weighted by Crippen LogP contribution is -2.10. The summed E-state index contributed by atoms with van der Waals surface area (Å²) < 4.78 is 44.4. The number of nitrogens with zero attached hydrogens (tertiary/aromatic N) is 3. The summed E-state index contributed by atoms with van der Waals surface area (Å²) >= 11 is 6.09. The molecule has 0 saturated carbocycles. The Bertz CT molecular complexity index is 926. The van der Waals surface area contributed by atoms with E-state index < -0.39 is 26.3 Å². The molecule has 0 saturated heterocycles. The third-order valence-corrected chi connectivity index (χ3v) is 5.62. The zero-order chi connectivity index (χ0) is 18.2. The lowest BCUT2D eigenvalue weighted by atomic mass is 10.1. The minimum atomic E-state index is -3.69. The van der Waals surface area contributed by atoms with Crippen molar-refractivity contribution < 1.29 is 22.5 Å². The van der Waals surface area contributed by atoms with Crippen molar-refractivity contribution in [1.29, 1.82) is 0 Å². The molecule has 0 aliphatic heterocycles. The molecule has 0 spiro atoms. The third kappa shape index (κ3) is 2.94. The van der Waals surface area contributed by atoms with E-state index in [1.807, 2.05) is 0 Å². The molecule has 2 rings (SSSR count). The number of methoxy groups -OCH3 is 1. The molecular weight excluding hydrogens is 365 g/mol. The number of aryl methyl sites for hydroxylation is 1. The first-order valence-corrected chi connectivity index (χ1v) is 8.64. The van der Waals surface area contributed by atoms with Gasteiger partial charge in [0.15, 0.2) is 20.6 Å². The van der Waals surface area contributed by atoms with E-state index in [1.165, 1.54) is 21.1 Å². The van der Waals surface area contributed by atoms with E-state index >= 15 is 0 Å². The van der Waals surface area contributed by atoms with Crippen molar-refractivity contribution in [2.24, 2.45) is 7.05 Å². The number of aromatic nitrogens is 2. The molecule has 0 atom stereocenters. The zero-order valence-corrected chi connectivity index (χ0v) is 14.5. The van der Waals surface area contributed by atoms with Gasteiger partial charge in [-0.25, -0.2) is 12.8 Å². The summed E-state index contributed by atoms with van der Waals surface area (Å²) in [5.74, 6) is -1.38. The second-order valence-corrected chi connectivity index (χ2v) is 7.33. The second-order valence-electron chi connectivity index (χ2n) is 4.76. The lowest BCUT2D eigenvalue weighted by Gasteiger charge is -2.06. The number of ether oxygens (including phenoxy) is 1. The van der Waals surface area contributed by atoms with Crippen molar-refractivity contribution in [3.63, 3.8) is 0 Å². The van der Waals surface area contributed by atoms with Gasteiger partial charge in [0.1, 0.15) is 16.5 Å². The summed E-state index contributed by atoms with van der Waals surface area (Å²) in [6, 6.07) is 1.73. The Kier molecular flexibility index (Phi) is 4.81. The molecule has 1 aromatic carbocycles. The van der Waals surface area contributed by atoms with Crippen LogP contribution in [0.15, 0.2) is 17.2 Å². The highest BCUT2D eigenvalue weighted by Gasteiger charge is 2.28. The molecule has 0 radical (unpaired) electrons. The molecule has 130 valence electrons. The highest BCUT2D eigenvalue weighted by Crippen LogP contribution is 2.39. The molecule has 0 unspecified atom stereocenters. The number of benzene rings is 1. The van der Waals surface area contributed by atoms with Gasteiger partial charge in [0.05, 0.1) is 23.9 Å². The number of rotatable bonds is 5. The molecule has 0 aliphatic rings. The molecule has 1 heterocycles. The maximum atomic E-state index is 14.3. The third-order valence-electron chi connectivity index (χ3n) is 3.33. The number of hydrogen-bond donors (Lipinski definition) is 0. The number of sulfone groups is 1. The predicted molar refractivity (Wildman–Crippen MR) is 84.5 cm³/mol. The molecule has 24 heavy (non-hydrogen) atoms. The number of nitro benzene ring substituents is 1. The van der Waals surface area contributed by atoms with Gasteiger partial charge < -0.3 is 4.74 Å². The van der Waals surface area contributed by atoms with Crippen molar-refractivity contribution in [3.05, 3.63) is 33.1 Å². The van der Waals surface area contributed by atoms with Gasteiger partial charge in [-0.05, 0) is 6.07 Å². The highest BCUT2D eigenvalue weighted by molar-refractivity contribution is 7.91. The molecular formula is C13H13ClFN3O5S. The quantitative estimate of drug-likeness (QED) is 0.585. The van der Waals surface area contributed by atoms with Crippen LogP contribution < -0.4 is 4.74 Å². The molecule has 0 fully saturated rings. The summed E-state index contributed by atoms with van der Waals surface area (Å²) in [6.45, 7) is 1.44. The monoisotopic (exact) mass is 377 g/mol. The Morgan fingerprint density at radius 2 is 2.08 bits per heavy atom. The standard InChI is InChI=1S/C13H13ClFN3O5S/c1-4-24(21,22)13-11(14)12(16-17(13)2)7-5-10(23-3)9(18(19)20)6-8(7)15/h5-6H,4H2,1-3H3. The molecule has 0 aliphatic carbocycles. The Labute approximate surface area is 141 Å². The fraction of sp³-hybridized carbons (Fsp3) is 0.308. The van der Waals surface area contributed by atoms with Crippen LogP contribution in [0, 0.1) is 15.9 Å². The van der Waals surface area contributed by atoms with Crippen molar-refractivity contribution in [1.82, 2.24) is 9.78 Å². The van der Waals surface area contributed by atoms with E-state index in [4.69, 9.17) is 16.3 Å². The van der Waals surface area contributed by atoms with Crippen LogP contribution in [0.5, 0.6) is 5.75 Å². The molecule has 0 amide bonds. The highest BCUT2D eigenvalue weighted by atomic mass is 35.5. The lowest BCUT2D eigenvalue weighted by molar-refractivity contribution is -0.385. The molecule has 8 nitrogen and oxygen atoms in total. The Morgan fingerprint density at radius 3 is 2.58 bits per heavy atom. The largest absolute Gasteiger partial charge is 0.490 e. The van der Waals surface area contributed by atoms with Crippen LogP contribution in [0.3, 0.4) is 0 Å². The topological polar surface area (TPSA) is 104 Å². The van der Waals surface area contributed by atoms with Crippen molar-refractivity contribution in [2.45, 2.75) is 11.9 Å². The average Bonchev–Trinajstić information content (AvgIpc) is 2.82. The van der Waals surface area contributed by atoms with Crippen LogP contribution in [-0.2, 0) is 16.9 Å². The summed E-state index contributed by atoms with van der Waals surface area (Å²) in [5, 5.41) is 14.3. The van der Waals surface area contributed by atoms with Crippen LogP contribution in [-0.4, -0.2) is 36.0 Å². The van der Waals surface area contributed by atoms with Gasteiger partial charge in [-0.2, -0.15) is 5.10 Å². The maximum Gasteiger partial charge on any atom is 0.313 e. The van der Waals surface area contributed by atoms with Gasteiger partial charge in [0.25, 0.3) is 0 Å². The first kappa shape index (κ1) is 18.1. The molecule has 0 N–H and O–H groups in total. The van der Waals surface area contributed by atoms with Gasteiger partial charge in [-0.1, -0.05) is 18.5 Å². The molecule has 1 aromatic heterocycles. The fourth-order valence-electron chi connectivity index (χ4n) is 2.16. The summed E-state index contributed by atoms with van der Waals surface area (Å²) in [7, 11) is -1.14. The number of halogens is 2. The molecule has 0 bridgehead atoms. The van der Waals surface area contributed by atoms with E-state index in [-0.39, 0.29) is 32.8 Å². The predicted octanol–water partition coefficient (Wildman–Crippen LogP) is 2.59. The smallest absolute Gasteiger partial charge is 0.313 e. The van der Waals surface area contributed by atoms with Crippen LogP contribution in [0.2, 0.25) is 5.02 Å². The first-order valence-electron chi connectivity index (χ1n) is 6.61. The number of nitro groups is 1. The van der Waals surface area contributed by atoms with Crippen LogP contribution in [0.25, 0.3) is 11.3 Å². The minimum absolute atomic E-state index is 0.142. The minimum Gasteiger partial charge on any atom is -0.490 e. The van der Waals surface area contributed by atoms with E-state index in [9.17, 15) is 22.9 Å². The zero-order valence-electron chi connectivity index (χ0n) is 12.9. The summed E-state index contributed by atoms with van der Waals surface area (Å²) in [6.07, 6.45) is 0. The van der Waals surface area contributed by atoms with Crippen molar-refractivity contribution in [3.8, 4) is 17.0 Å². The summed E-state index contributed by atoms with van der Waals surface area (Å²) in [4.78, 5) is 10.1. The maximum absolute atomic E-state index is 14.3. The fourth-order valence-corrected chi connectivity index (χ4v) is 3.86. The Balaban J connectivity index is 2.75. The Hall–Kier alpha value is -2.20. The normalized spacial score (nSPS) is 11.5. The van der Waals surface area contributed by atoms with Crippen molar-refractivity contribution in [2.75, 3.05) is 12.9 Å². The van der Waals surface area contributed by atoms with Crippen molar-refractivity contribution >= 4 is 27.1 Å². The SMILES string of the molecule is CCS(=O)(=O)c1c(Cl)c(-c2cc(OC)c([N+](=O)[O-])cc2F)nn1C. The van der Waals surface area contributed by atoms with Crippen LogP contribution in [0.4, 0.5) is 10.1 Å². The van der Waals surface area contributed by atoms with Gasteiger partial charge in [0, 0.05) is 12.6 Å². The second kappa shape index (κ2) is 6.36.